The van der Waals surface area contributed by atoms with Gasteiger partial charge in [0.2, 0.25) is 5.91 Å². The van der Waals surface area contributed by atoms with Crippen molar-refractivity contribution < 1.29 is 4.79 Å². The molecule has 0 spiro atoms. The van der Waals surface area contributed by atoms with Gasteiger partial charge in [0, 0.05) is 15.9 Å². The van der Waals surface area contributed by atoms with Crippen LogP contribution in [-0.2, 0) is 11.2 Å². The third-order valence-electron chi connectivity index (χ3n) is 3.28. The molecule has 0 bridgehead atoms. The summed E-state index contributed by atoms with van der Waals surface area (Å²) in [4.78, 5) is 12.0. The van der Waals surface area contributed by atoms with Crippen LogP contribution in [0.2, 0.25) is 5.02 Å². The fraction of sp³-hybridized carbons (Fsp3) is 0.235. The molecule has 21 heavy (non-hydrogen) atoms. The predicted octanol–water partition coefficient (Wildman–Crippen LogP) is 4.91. The second-order valence-corrected chi connectivity index (χ2v) is 6.32. The van der Waals surface area contributed by atoms with E-state index < -0.39 is 0 Å². The molecule has 0 saturated heterocycles. The van der Waals surface area contributed by atoms with Crippen molar-refractivity contribution in [3.63, 3.8) is 0 Å². The van der Waals surface area contributed by atoms with E-state index in [9.17, 15) is 4.79 Å². The molecule has 1 N–H and O–H groups in total. The number of carbonyl (C=O) groups excluding carboxylic acids is 1. The van der Waals surface area contributed by atoms with Gasteiger partial charge in [-0.1, -0.05) is 51.8 Å². The second kappa shape index (κ2) is 7.62. The van der Waals surface area contributed by atoms with Gasteiger partial charge < -0.3 is 5.32 Å². The average molecular weight is 367 g/mol. The molecule has 0 heterocycles. The highest BCUT2D eigenvalue weighted by Crippen LogP contribution is 2.17. The number of rotatable bonds is 5. The molecule has 2 aromatic carbocycles. The smallest absolute Gasteiger partial charge is 0.220 e. The minimum absolute atomic E-state index is 0.0164. The Bertz CT molecular complexity index is 612. The van der Waals surface area contributed by atoms with Crippen molar-refractivity contribution in [2.45, 2.75) is 25.8 Å². The summed E-state index contributed by atoms with van der Waals surface area (Å²) in [6.07, 6.45) is 1.22. The van der Waals surface area contributed by atoms with Crippen molar-refractivity contribution in [2.75, 3.05) is 0 Å². The molecule has 4 heteroatoms. The molecule has 1 unspecified atom stereocenters. The van der Waals surface area contributed by atoms with Gasteiger partial charge in [-0.15, -0.1) is 0 Å². The number of benzene rings is 2. The largest absolute Gasteiger partial charge is 0.350 e. The first kappa shape index (κ1) is 16.1. The molecule has 1 atom stereocenters. The summed E-state index contributed by atoms with van der Waals surface area (Å²) in [7, 11) is 0. The van der Waals surface area contributed by atoms with E-state index in [2.05, 4.69) is 21.2 Å². The van der Waals surface area contributed by atoms with Crippen LogP contribution in [0.4, 0.5) is 0 Å². The predicted molar refractivity (Wildman–Crippen MR) is 90.5 cm³/mol. The SMILES string of the molecule is CC(NC(=O)CCc1cccc(Br)c1)c1ccc(Cl)cc1. The molecule has 2 rings (SSSR count). The van der Waals surface area contributed by atoms with Crippen molar-refractivity contribution in [2.24, 2.45) is 0 Å². The Balaban J connectivity index is 1.85. The molecule has 0 aliphatic rings. The third kappa shape index (κ3) is 5.18. The van der Waals surface area contributed by atoms with E-state index in [0.717, 1.165) is 22.0 Å². The number of amides is 1. The first-order valence-corrected chi connectivity index (χ1v) is 8.01. The molecule has 0 saturated carbocycles. The van der Waals surface area contributed by atoms with E-state index in [1.165, 1.54) is 0 Å². The maximum Gasteiger partial charge on any atom is 0.220 e. The molecular formula is C17H17BrClNO. The van der Waals surface area contributed by atoms with Gasteiger partial charge in [0.05, 0.1) is 6.04 Å². The molecule has 0 fully saturated rings. The zero-order chi connectivity index (χ0) is 15.2. The summed E-state index contributed by atoms with van der Waals surface area (Å²) < 4.78 is 1.04. The van der Waals surface area contributed by atoms with Gasteiger partial charge in [0.15, 0.2) is 0 Å². The standard InChI is InChI=1S/C17H17BrClNO/c1-12(14-6-8-16(19)9-7-14)20-17(21)10-5-13-3-2-4-15(18)11-13/h2-4,6-9,11-12H,5,10H2,1H3,(H,20,21). The highest BCUT2D eigenvalue weighted by atomic mass is 79.9. The summed E-state index contributed by atoms with van der Waals surface area (Å²) >= 11 is 9.30. The van der Waals surface area contributed by atoms with Crippen molar-refractivity contribution >= 4 is 33.4 Å². The number of carbonyl (C=O) groups is 1. The number of halogens is 2. The molecule has 1 amide bonds. The maximum absolute atomic E-state index is 12.0. The van der Waals surface area contributed by atoms with Crippen molar-refractivity contribution in [1.29, 1.82) is 0 Å². The van der Waals surface area contributed by atoms with Crippen molar-refractivity contribution in [1.82, 2.24) is 5.32 Å². The molecule has 2 nitrogen and oxygen atoms in total. The lowest BCUT2D eigenvalue weighted by atomic mass is 10.1. The van der Waals surface area contributed by atoms with Gasteiger partial charge in [-0.05, 0) is 48.7 Å². The Morgan fingerprint density at radius 2 is 1.95 bits per heavy atom. The normalized spacial score (nSPS) is 12.0. The monoisotopic (exact) mass is 365 g/mol. The van der Waals surface area contributed by atoms with E-state index in [1.54, 1.807) is 0 Å². The fourth-order valence-corrected chi connectivity index (χ4v) is 2.67. The van der Waals surface area contributed by atoms with E-state index in [1.807, 2.05) is 55.5 Å². The maximum atomic E-state index is 12.0. The fourth-order valence-electron chi connectivity index (χ4n) is 2.10. The number of nitrogens with one attached hydrogen (secondary N) is 1. The summed E-state index contributed by atoms with van der Waals surface area (Å²) in [6.45, 7) is 1.97. The summed E-state index contributed by atoms with van der Waals surface area (Å²) in [5, 5.41) is 3.71. The van der Waals surface area contributed by atoms with Crippen LogP contribution in [0, 0.1) is 0 Å². The van der Waals surface area contributed by atoms with Gasteiger partial charge in [0.1, 0.15) is 0 Å². The van der Waals surface area contributed by atoms with Crippen LogP contribution in [0.15, 0.2) is 53.0 Å². The quantitative estimate of drug-likeness (QED) is 0.800. The van der Waals surface area contributed by atoms with Crippen LogP contribution in [0.25, 0.3) is 0 Å². The number of hydrogen-bond acceptors (Lipinski definition) is 1. The Kier molecular flexibility index (Phi) is 5.83. The van der Waals surface area contributed by atoms with Crippen LogP contribution in [0.1, 0.15) is 30.5 Å². The zero-order valence-corrected chi connectivity index (χ0v) is 14.1. The Morgan fingerprint density at radius 3 is 2.62 bits per heavy atom. The van der Waals surface area contributed by atoms with Gasteiger partial charge in [-0.3, -0.25) is 4.79 Å². The van der Waals surface area contributed by atoms with Crippen molar-refractivity contribution in [3.8, 4) is 0 Å². The zero-order valence-electron chi connectivity index (χ0n) is 11.8. The third-order valence-corrected chi connectivity index (χ3v) is 4.02. The molecule has 0 aliphatic carbocycles. The van der Waals surface area contributed by atoms with Crippen molar-refractivity contribution in [3.05, 3.63) is 69.2 Å². The second-order valence-electron chi connectivity index (χ2n) is 4.97. The first-order valence-electron chi connectivity index (χ1n) is 6.84. The van der Waals surface area contributed by atoms with E-state index in [4.69, 9.17) is 11.6 Å². The lowest BCUT2D eigenvalue weighted by molar-refractivity contribution is -0.121. The summed E-state index contributed by atoms with van der Waals surface area (Å²) in [5.74, 6) is 0.0532. The molecule has 2 aromatic rings. The lowest BCUT2D eigenvalue weighted by Gasteiger charge is -2.14. The van der Waals surface area contributed by atoms with Gasteiger partial charge in [0.25, 0.3) is 0 Å². The van der Waals surface area contributed by atoms with Gasteiger partial charge in [-0.2, -0.15) is 0 Å². The van der Waals surface area contributed by atoms with Crippen LogP contribution in [0.3, 0.4) is 0 Å². The Morgan fingerprint density at radius 1 is 1.24 bits per heavy atom. The van der Waals surface area contributed by atoms with Crippen LogP contribution in [0.5, 0.6) is 0 Å². The summed E-state index contributed by atoms with van der Waals surface area (Å²) in [5.41, 5.74) is 2.20. The van der Waals surface area contributed by atoms with Gasteiger partial charge in [-0.25, -0.2) is 0 Å². The van der Waals surface area contributed by atoms with Crippen LogP contribution >= 0.6 is 27.5 Å². The first-order chi connectivity index (χ1) is 10.0. The van der Waals surface area contributed by atoms with Gasteiger partial charge >= 0.3 is 0 Å². The molecule has 110 valence electrons. The minimum Gasteiger partial charge on any atom is -0.350 e. The topological polar surface area (TPSA) is 29.1 Å². The average Bonchev–Trinajstić information content (AvgIpc) is 2.46. The Hall–Kier alpha value is -1.32. The number of aryl methyl sites for hydroxylation is 1. The number of hydrogen-bond donors (Lipinski definition) is 1. The van der Waals surface area contributed by atoms with E-state index in [-0.39, 0.29) is 11.9 Å². The van der Waals surface area contributed by atoms with Crippen LogP contribution in [-0.4, -0.2) is 5.91 Å². The van der Waals surface area contributed by atoms with Crippen LogP contribution < -0.4 is 5.32 Å². The van der Waals surface area contributed by atoms with E-state index >= 15 is 0 Å². The highest BCUT2D eigenvalue weighted by molar-refractivity contribution is 9.10. The molecule has 0 aliphatic heterocycles. The minimum atomic E-state index is -0.0164. The Labute approximate surface area is 138 Å². The van der Waals surface area contributed by atoms with E-state index in [0.29, 0.717) is 11.4 Å². The highest BCUT2D eigenvalue weighted by Gasteiger charge is 2.09. The molecule has 0 aromatic heterocycles. The molecular weight excluding hydrogens is 350 g/mol. The lowest BCUT2D eigenvalue weighted by Crippen LogP contribution is -2.26. The molecule has 0 radical (unpaired) electrons. The summed E-state index contributed by atoms with van der Waals surface area (Å²) in [6, 6.07) is 15.5.